The Labute approximate surface area is 136 Å². The minimum absolute atomic E-state index is 0. The van der Waals surface area contributed by atoms with Crippen LogP contribution in [0.15, 0.2) is 4.99 Å². The molecule has 19 heavy (non-hydrogen) atoms. The highest BCUT2D eigenvalue weighted by atomic mass is 127. The maximum absolute atomic E-state index is 10.3. The summed E-state index contributed by atoms with van der Waals surface area (Å²) in [4.78, 5) is 6.41. The van der Waals surface area contributed by atoms with Crippen molar-refractivity contribution in [1.29, 1.82) is 0 Å². The van der Waals surface area contributed by atoms with Crippen LogP contribution in [0.2, 0.25) is 0 Å². The molecule has 112 valence electrons. The van der Waals surface area contributed by atoms with Crippen LogP contribution in [0.5, 0.6) is 0 Å². The highest BCUT2D eigenvalue weighted by molar-refractivity contribution is 14.0. The van der Waals surface area contributed by atoms with Gasteiger partial charge in [0.05, 0.1) is 11.7 Å². The molecule has 0 aromatic rings. The molecule has 7 heteroatoms. The zero-order valence-corrected chi connectivity index (χ0v) is 14.5. The SMILES string of the molecule is CN=C(NCC1(O)CCSC1)N1CCC(O)CC1.I. The van der Waals surface area contributed by atoms with Gasteiger partial charge in [-0.2, -0.15) is 11.8 Å². The number of thioether (sulfide) groups is 1. The molecule has 2 saturated heterocycles. The van der Waals surface area contributed by atoms with Crippen molar-refractivity contribution in [2.75, 3.05) is 38.2 Å². The Morgan fingerprint density at radius 3 is 2.68 bits per heavy atom. The molecule has 2 aliphatic rings. The lowest BCUT2D eigenvalue weighted by atomic mass is 10.0. The van der Waals surface area contributed by atoms with Gasteiger partial charge in [0, 0.05) is 32.4 Å². The summed E-state index contributed by atoms with van der Waals surface area (Å²) >= 11 is 1.80. The fourth-order valence-electron chi connectivity index (χ4n) is 2.39. The van der Waals surface area contributed by atoms with Crippen LogP contribution in [0.3, 0.4) is 0 Å². The Balaban J connectivity index is 0.00000180. The normalized spacial score (nSPS) is 29.2. The van der Waals surface area contributed by atoms with E-state index in [9.17, 15) is 10.2 Å². The van der Waals surface area contributed by atoms with E-state index in [0.29, 0.717) is 6.54 Å². The molecule has 0 aliphatic carbocycles. The molecule has 2 heterocycles. The van der Waals surface area contributed by atoms with Gasteiger partial charge in [0.1, 0.15) is 0 Å². The van der Waals surface area contributed by atoms with Crippen molar-refractivity contribution in [3.05, 3.63) is 0 Å². The van der Waals surface area contributed by atoms with Gasteiger partial charge in [-0.25, -0.2) is 0 Å². The summed E-state index contributed by atoms with van der Waals surface area (Å²) in [6.45, 7) is 2.22. The zero-order valence-electron chi connectivity index (χ0n) is 11.3. The number of aliphatic hydroxyl groups excluding tert-OH is 1. The Morgan fingerprint density at radius 2 is 2.16 bits per heavy atom. The lowest BCUT2D eigenvalue weighted by Gasteiger charge is -2.33. The molecule has 0 radical (unpaired) electrons. The standard InChI is InChI=1S/C12H23N3O2S.HI/c1-13-11(15-5-2-10(16)3-6-15)14-8-12(17)4-7-18-9-12;/h10,16-17H,2-9H2,1H3,(H,13,14);1H. The first-order chi connectivity index (χ1) is 8.63. The second-order valence-corrected chi connectivity index (χ2v) is 6.25. The van der Waals surface area contributed by atoms with Crippen molar-refractivity contribution in [3.8, 4) is 0 Å². The first-order valence-corrected chi connectivity index (χ1v) is 7.72. The molecular weight excluding hydrogens is 377 g/mol. The Kier molecular flexibility index (Phi) is 7.20. The number of guanidine groups is 1. The first kappa shape index (κ1) is 17.3. The van der Waals surface area contributed by atoms with Crippen molar-refractivity contribution < 1.29 is 10.2 Å². The van der Waals surface area contributed by atoms with E-state index in [-0.39, 0.29) is 30.1 Å². The third-order valence-electron chi connectivity index (χ3n) is 3.63. The summed E-state index contributed by atoms with van der Waals surface area (Å²) < 4.78 is 0. The van der Waals surface area contributed by atoms with Crippen LogP contribution in [0.1, 0.15) is 19.3 Å². The van der Waals surface area contributed by atoms with Gasteiger partial charge in [0.15, 0.2) is 5.96 Å². The van der Waals surface area contributed by atoms with Crippen LogP contribution < -0.4 is 5.32 Å². The number of likely N-dealkylation sites (tertiary alicyclic amines) is 1. The van der Waals surface area contributed by atoms with Gasteiger partial charge in [-0.05, 0) is 25.0 Å². The topological polar surface area (TPSA) is 68.1 Å². The van der Waals surface area contributed by atoms with Crippen LogP contribution in [-0.2, 0) is 0 Å². The van der Waals surface area contributed by atoms with E-state index < -0.39 is 5.60 Å². The number of hydrogen-bond acceptors (Lipinski definition) is 4. The number of nitrogens with one attached hydrogen (secondary N) is 1. The molecular formula is C12H24IN3O2S. The molecule has 0 aromatic carbocycles. The minimum atomic E-state index is -0.587. The quantitative estimate of drug-likeness (QED) is 0.357. The van der Waals surface area contributed by atoms with E-state index in [1.165, 1.54) is 0 Å². The fourth-order valence-corrected chi connectivity index (χ4v) is 3.68. The average molecular weight is 401 g/mol. The molecule has 0 bridgehead atoms. The van der Waals surface area contributed by atoms with Gasteiger partial charge in [0.2, 0.25) is 0 Å². The summed E-state index contributed by atoms with van der Waals surface area (Å²) in [5.41, 5.74) is -0.587. The molecule has 1 atom stereocenters. The number of aliphatic hydroxyl groups is 2. The Morgan fingerprint density at radius 1 is 1.47 bits per heavy atom. The molecule has 0 saturated carbocycles. The predicted octanol–water partition coefficient (Wildman–Crippen LogP) is 0.504. The average Bonchev–Trinajstić information content (AvgIpc) is 2.79. The predicted molar refractivity (Wildman–Crippen MR) is 90.5 cm³/mol. The van der Waals surface area contributed by atoms with Gasteiger partial charge < -0.3 is 20.4 Å². The molecule has 0 aromatic heterocycles. The van der Waals surface area contributed by atoms with Crippen molar-refractivity contribution >= 4 is 41.7 Å². The number of halogens is 1. The summed E-state index contributed by atoms with van der Waals surface area (Å²) in [7, 11) is 1.76. The van der Waals surface area contributed by atoms with E-state index in [2.05, 4.69) is 15.2 Å². The zero-order chi connectivity index (χ0) is 13.0. The van der Waals surface area contributed by atoms with Crippen molar-refractivity contribution in [2.24, 2.45) is 4.99 Å². The van der Waals surface area contributed by atoms with Crippen LogP contribution >= 0.6 is 35.7 Å². The van der Waals surface area contributed by atoms with Gasteiger partial charge in [-0.3, -0.25) is 4.99 Å². The number of piperidine rings is 1. The van der Waals surface area contributed by atoms with Crippen LogP contribution in [-0.4, -0.2) is 71.0 Å². The lowest BCUT2D eigenvalue weighted by Crippen LogP contribution is -2.51. The Bertz CT molecular complexity index is 303. The third kappa shape index (κ3) is 4.95. The van der Waals surface area contributed by atoms with E-state index >= 15 is 0 Å². The molecule has 5 nitrogen and oxygen atoms in total. The van der Waals surface area contributed by atoms with E-state index in [0.717, 1.165) is 49.8 Å². The van der Waals surface area contributed by atoms with Crippen LogP contribution in [0, 0.1) is 0 Å². The monoisotopic (exact) mass is 401 g/mol. The number of aliphatic imine (C=N–C) groups is 1. The van der Waals surface area contributed by atoms with E-state index in [1.807, 2.05) is 0 Å². The maximum atomic E-state index is 10.3. The maximum Gasteiger partial charge on any atom is 0.193 e. The summed E-state index contributed by atoms with van der Waals surface area (Å²) in [6.07, 6.45) is 2.26. The molecule has 2 fully saturated rings. The van der Waals surface area contributed by atoms with Crippen LogP contribution in [0.25, 0.3) is 0 Å². The van der Waals surface area contributed by atoms with E-state index in [1.54, 1.807) is 18.8 Å². The molecule has 2 rings (SSSR count). The summed E-state index contributed by atoms with van der Waals surface area (Å²) in [6, 6.07) is 0. The fraction of sp³-hybridized carbons (Fsp3) is 0.917. The lowest BCUT2D eigenvalue weighted by molar-refractivity contribution is 0.0701. The molecule has 0 amide bonds. The largest absolute Gasteiger partial charge is 0.393 e. The van der Waals surface area contributed by atoms with Crippen molar-refractivity contribution in [3.63, 3.8) is 0 Å². The van der Waals surface area contributed by atoms with Crippen molar-refractivity contribution in [1.82, 2.24) is 10.2 Å². The second kappa shape index (κ2) is 7.90. The summed E-state index contributed by atoms with van der Waals surface area (Å²) in [5, 5.41) is 23.0. The number of rotatable bonds is 2. The van der Waals surface area contributed by atoms with Crippen LogP contribution in [0.4, 0.5) is 0 Å². The third-order valence-corrected chi connectivity index (χ3v) is 4.87. The van der Waals surface area contributed by atoms with Gasteiger partial charge in [-0.1, -0.05) is 0 Å². The number of nitrogens with zero attached hydrogens (tertiary/aromatic N) is 2. The Hall–Kier alpha value is 0.270. The smallest absolute Gasteiger partial charge is 0.193 e. The number of hydrogen-bond donors (Lipinski definition) is 3. The molecule has 0 spiro atoms. The minimum Gasteiger partial charge on any atom is -0.393 e. The second-order valence-electron chi connectivity index (χ2n) is 5.15. The van der Waals surface area contributed by atoms with Gasteiger partial charge in [-0.15, -0.1) is 24.0 Å². The molecule has 2 aliphatic heterocycles. The van der Waals surface area contributed by atoms with E-state index in [4.69, 9.17) is 0 Å². The highest BCUT2D eigenvalue weighted by Gasteiger charge is 2.32. The van der Waals surface area contributed by atoms with Crippen molar-refractivity contribution in [2.45, 2.75) is 31.0 Å². The highest BCUT2D eigenvalue weighted by Crippen LogP contribution is 2.27. The first-order valence-electron chi connectivity index (χ1n) is 6.57. The van der Waals surface area contributed by atoms with Gasteiger partial charge in [0.25, 0.3) is 0 Å². The molecule has 1 unspecified atom stereocenters. The van der Waals surface area contributed by atoms with Gasteiger partial charge >= 0.3 is 0 Å². The molecule has 3 N–H and O–H groups in total. The summed E-state index contributed by atoms with van der Waals surface area (Å²) in [5.74, 6) is 2.68.